The quantitative estimate of drug-likeness (QED) is 0.583. The van der Waals surface area contributed by atoms with Crippen LogP contribution in [0, 0.1) is 17.5 Å². The molecular weight excluding hydrogens is 447 g/mol. The lowest BCUT2D eigenvalue weighted by Crippen LogP contribution is -2.47. The van der Waals surface area contributed by atoms with Gasteiger partial charge in [-0.15, -0.1) is 0 Å². The van der Waals surface area contributed by atoms with Crippen molar-refractivity contribution in [3.63, 3.8) is 0 Å². The van der Waals surface area contributed by atoms with E-state index in [0.717, 1.165) is 17.7 Å². The minimum absolute atomic E-state index is 0.0171. The zero-order valence-corrected chi connectivity index (χ0v) is 18.3. The van der Waals surface area contributed by atoms with Gasteiger partial charge < -0.3 is 15.1 Å². The van der Waals surface area contributed by atoms with Crippen molar-refractivity contribution in [3.05, 3.63) is 77.4 Å². The first-order valence-corrected chi connectivity index (χ1v) is 10.9. The number of nitrogens with zero attached hydrogens (tertiary/aromatic N) is 4. The number of halogens is 3. The Morgan fingerprint density at radius 3 is 2.50 bits per heavy atom. The van der Waals surface area contributed by atoms with Crippen LogP contribution in [0.15, 0.2) is 48.7 Å². The van der Waals surface area contributed by atoms with Crippen LogP contribution >= 0.6 is 0 Å². The number of benzene rings is 2. The second-order valence-electron chi connectivity index (χ2n) is 8.64. The van der Waals surface area contributed by atoms with Crippen molar-refractivity contribution in [2.75, 3.05) is 16.8 Å². The molecule has 1 aromatic heterocycles. The van der Waals surface area contributed by atoms with Crippen LogP contribution in [-0.2, 0) is 17.9 Å². The minimum Gasteiger partial charge on any atom is -0.314 e. The molecule has 2 aliphatic heterocycles. The number of anilines is 2. The van der Waals surface area contributed by atoms with Crippen molar-refractivity contribution >= 4 is 23.3 Å². The fourth-order valence-electron chi connectivity index (χ4n) is 4.60. The van der Waals surface area contributed by atoms with Crippen molar-refractivity contribution < 1.29 is 22.8 Å². The van der Waals surface area contributed by atoms with E-state index in [-0.39, 0.29) is 30.1 Å². The first kappa shape index (κ1) is 22.0. The number of nitrogens with one attached hydrogen (secondary N) is 1. The molecule has 0 saturated carbocycles. The van der Waals surface area contributed by atoms with E-state index >= 15 is 0 Å². The van der Waals surface area contributed by atoms with Gasteiger partial charge in [0.25, 0.3) is 0 Å². The van der Waals surface area contributed by atoms with Gasteiger partial charge in [-0.1, -0.05) is 30.3 Å². The fourth-order valence-corrected chi connectivity index (χ4v) is 4.60. The van der Waals surface area contributed by atoms with Crippen LogP contribution in [0.2, 0.25) is 0 Å². The van der Waals surface area contributed by atoms with Crippen LogP contribution < -0.4 is 10.2 Å². The predicted octanol–water partition coefficient (Wildman–Crippen LogP) is 4.26. The smallest absolute Gasteiger partial charge is 0.314 e. The monoisotopic (exact) mass is 469 g/mol. The summed E-state index contributed by atoms with van der Waals surface area (Å²) >= 11 is 0. The van der Waals surface area contributed by atoms with Crippen molar-refractivity contribution in [2.24, 2.45) is 0 Å². The summed E-state index contributed by atoms with van der Waals surface area (Å²) in [6.45, 7) is 2.87. The van der Waals surface area contributed by atoms with Gasteiger partial charge in [-0.3, -0.25) is 9.48 Å². The lowest BCUT2D eigenvalue weighted by molar-refractivity contribution is -0.117. The van der Waals surface area contributed by atoms with E-state index in [1.54, 1.807) is 15.8 Å². The average molecular weight is 469 g/mol. The first-order chi connectivity index (χ1) is 16.3. The number of carbonyl (C=O) groups is 2. The van der Waals surface area contributed by atoms with Crippen LogP contribution in [0.3, 0.4) is 0 Å². The Bertz CT molecular complexity index is 1240. The van der Waals surface area contributed by atoms with Gasteiger partial charge in [0.2, 0.25) is 5.91 Å². The maximum Gasteiger partial charge on any atom is 0.322 e. The van der Waals surface area contributed by atoms with E-state index in [0.29, 0.717) is 30.9 Å². The molecule has 3 amide bonds. The standard InChI is InChI=1S/C24H22F3N5O2/c1-14-11-32-21(13-30(14)24(34)29-17-8-18(25)23(27)19(26)9-17)20(10-28-32)31-12-16(7-22(31)33)15-5-3-2-4-6-15/h2-6,8-10,14,16H,7,11-13H2,1H3,(H,29,34)/t14-,16-/m0/s1. The van der Waals surface area contributed by atoms with Gasteiger partial charge in [0.15, 0.2) is 17.5 Å². The Labute approximate surface area is 193 Å². The number of hydrogen-bond acceptors (Lipinski definition) is 3. The Kier molecular flexibility index (Phi) is 5.51. The molecule has 0 aliphatic carbocycles. The molecule has 3 aromatic rings. The average Bonchev–Trinajstić information content (AvgIpc) is 3.40. The van der Waals surface area contributed by atoms with Crippen LogP contribution in [0.25, 0.3) is 0 Å². The highest BCUT2D eigenvalue weighted by atomic mass is 19.2. The van der Waals surface area contributed by atoms with Crippen molar-refractivity contribution in [3.8, 4) is 0 Å². The highest BCUT2D eigenvalue weighted by Crippen LogP contribution is 2.35. The highest BCUT2D eigenvalue weighted by molar-refractivity contribution is 5.97. The minimum atomic E-state index is -1.60. The number of rotatable bonds is 3. The zero-order valence-electron chi connectivity index (χ0n) is 18.3. The Morgan fingerprint density at radius 1 is 1.09 bits per heavy atom. The molecule has 0 unspecified atom stereocenters. The third-order valence-electron chi connectivity index (χ3n) is 6.40. The zero-order chi connectivity index (χ0) is 24.0. The van der Waals surface area contributed by atoms with Crippen molar-refractivity contribution in [1.82, 2.24) is 14.7 Å². The third kappa shape index (κ3) is 3.89. The summed E-state index contributed by atoms with van der Waals surface area (Å²) in [6.07, 6.45) is 2.02. The van der Waals surface area contributed by atoms with Gasteiger partial charge in [0.05, 0.1) is 36.7 Å². The Hall–Kier alpha value is -3.82. The normalized spacial score (nSPS) is 19.9. The second-order valence-corrected chi connectivity index (χ2v) is 8.64. The maximum atomic E-state index is 13.6. The summed E-state index contributed by atoms with van der Waals surface area (Å²) < 4.78 is 42.1. The number of aromatic nitrogens is 2. The van der Waals surface area contributed by atoms with Gasteiger partial charge in [-0.05, 0) is 12.5 Å². The van der Waals surface area contributed by atoms with E-state index in [2.05, 4.69) is 10.4 Å². The molecule has 176 valence electrons. The molecule has 0 radical (unpaired) electrons. The molecule has 10 heteroatoms. The summed E-state index contributed by atoms with van der Waals surface area (Å²) in [5.41, 5.74) is 2.25. The highest BCUT2D eigenvalue weighted by Gasteiger charge is 2.37. The number of urea groups is 1. The predicted molar refractivity (Wildman–Crippen MR) is 119 cm³/mol. The molecule has 3 heterocycles. The molecule has 2 aliphatic rings. The molecule has 5 rings (SSSR count). The molecule has 7 nitrogen and oxygen atoms in total. The first-order valence-electron chi connectivity index (χ1n) is 10.9. The van der Waals surface area contributed by atoms with Gasteiger partial charge in [-0.2, -0.15) is 5.10 Å². The molecule has 1 saturated heterocycles. The van der Waals surface area contributed by atoms with Crippen molar-refractivity contribution in [1.29, 1.82) is 0 Å². The van der Waals surface area contributed by atoms with Crippen LogP contribution in [0.1, 0.15) is 30.5 Å². The van der Waals surface area contributed by atoms with Crippen LogP contribution in [-0.4, -0.2) is 39.2 Å². The molecule has 2 aromatic carbocycles. The summed E-state index contributed by atoms with van der Waals surface area (Å²) in [4.78, 5) is 29.0. The van der Waals surface area contributed by atoms with Gasteiger partial charge in [0.1, 0.15) is 0 Å². The lowest BCUT2D eigenvalue weighted by atomic mass is 9.98. The third-order valence-corrected chi connectivity index (χ3v) is 6.40. The number of carbonyl (C=O) groups excluding carboxylic acids is 2. The molecule has 0 bridgehead atoms. The van der Waals surface area contributed by atoms with Crippen LogP contribution in [0.5, 0.6) is 0 Å². The van der Waals surface area contributed by atoms with E-state index < -0.39 is 23.5 Å². The molecule has 1 fully saturated rings. The summed E-state index contributed by atoms with van der Waals surface area (Å²) in [7, 11) is 0. The van der Waals surface area contributed by atoms with Gasteiger partial charge in [0, 0.05) is 36.7 Å². The molecule has 1 N–H and O–H groups in total. The van der Waals surface area contributed by atoms with E-state index in [1.165, 1.54) is 4.90 Å². The largest absolute Gasteiger partial charge is 0.322 e. The van der Waals surface area contributed by atoms with Gasteiger partial charge in [-0.25, -0.2) is 18.0 Å². The molecule has 34 heavy (non-hydrogen) atoms. The Morgan fingerprint density at radius 2 is 1.79 bits per heavy atom. The number of hydrogen-bond donors (Lipinski definition) is 1. The van der Waals surface area contributed by atoms with Gasteiger partial charge >= 0.3 is 6.03 Å². The molecular formula is C24H22F3N5O2. The van der Waals surface area contributed by atoms with E-state index in [1.807, 2.05) is 37.3 Å². The van der Waals surface area contributed by atoms with Crippen molar-refractivity contribution in [2.45, 2.75) is 38.4 Å². The molecule has 2 atom stereocenters. The summed E-state index contributed by atoms with van der Waals surface area (Å²) in [5.74, 6) is -4.32. The second kappa shape index (κ2) is 8.51. The lowest BCUT2D eigenvalue weighted by Gasteiger charge is -2.35. The summed E-state index contributed by atoms with van der Waals surface area (Å²) in [5, 5.41) is 6.85. The number of fused-ring (bicyclic) bond motifs is 1. The maximum absolute atomic E-state index is 13.6. The van der Waals surface area contributed by atoms with Crippen LogP contribution in [0.4, 0.5) is 29.3 Å². The number of amides is 3. The Balaban J connectivity index is 1.36. The topological polar surface area (TPSA) is 70.5 Å². The fraction of sp³-hybridized carbons (Fsp3) is 0.292. The van der Waals surface area contributed by atoms with E-state index in [4.69, 9.17) is 0 Å². The summed E-state index contributed by atoms with van der Waals surface area (Å²) in [6, 6.07) is 10.4. The SMILES string of the molecule is C[C@H]1Cn2ncc(N3C[C@@H](c4ccccc4)CC3=O)c2CN1C(=O)Nc1cc(F)c(F)c(F)c1. The van der Waals surface area contributed by atoms with E-state index in [9.17, 15) is 22.8 Å². The molecule has 0 spiro atoms.